The monoisotopic (exact) mass is 330 g/mol. The number of sulfonamides is 1. The van der Waals surface area contributed by atoms with E-state index in [1.807, 2.05) is 30.3 Å². The third kappa shape index (κ3) is 4.96. The van der Waals surface area contributed by atoms with Crippen LogP contribution in [0.25, 0.3) is 6.08 Å². The molecule has 0 aliphatic carbocycles. The molecule has 0 radical (unpaired) electrons. The molecule has 2 aromatic rings. The second kappa shape index (κ2) is 7.60. The Morgan fingerprint density at radius 2 is 1.57 bits per heavy atom. The van der Waals surface area contributed by atoms with Gasteiger partial charge in [-0.15, -0.1) is 0 Å². The van der Waals surface area contributed by atoms with Crippen LogP contribution in [0.15, 0.2) is 66.1 Å². The molecule has 5 nitrogen and oxygen atoms in total. The zero-order valence-electron chi connectivity index (χ0n) is 12.5. The van der Waals surface area contributed by atoms with E-state index < -0.39 is 15.9 Å². The lowest BCUT2D eigenvalue weighted by molar-refractivity contribution is -0.117. The Bertz CT molecular complexity index is 772. The van der Waals surface area contributed by atoms with Crippen LogP contribution >= 0.6 is 0 Å². The molecule has 0 aliphatic heterocycles. The standard InChI is InChI=1S/C17H18N2O3S/c18-17(20)11-13-19(16-9-5-2-6-10-16)23(21,22)14-12-15-7-3-1-4-8-15/h1-10,12,14H,11,13H2,(H2,18,20)/b14-12+. The number of carbonyl (C=O) groups excluding carboxylic acids is 1. The van der Waals surface area contributed by atoms with E-state index in [0.29, 0.717) is 5.69 Å². The zero-order chi connectivity index (χ0) is 16.7. The van der Waals surface area contributed by atoms with Gasteiger partial charge in [0.2, 0.25) is 5.91 Å². The summed E-state index contributed by atoms with van der Waals surface area (Å²) in [6, 6.07) is 17.8. The molecule has 0 bridgehead atoms. The lowest BCUT2D eigenvalue weighted by atomic mass is 10.2. The van der Waals surface area contributed by atoms with Gasteiger partial charge in [0.25, 0.3) is 10.0 Å². The SMILES string of the molecule is NC(=O)CCN(c1ccccc1)S(=O)(=O)/C=C/c1ccccc1. The minimum absolute atomic E-state index is 0.000803. The number of nitrogens with two attached hydrogens (primary N) is 1. The Labute approximate surface area is 136 Å². The molecule has 0 saturated carbocycles. The third-order valence-electron chi connectivity index (χ3n) is 3.14. The van der Waals surface area contributed by atoms with Gasteiger partial charge in [0.15, 0.2) is 0 Å². The molecular weight excluding hydrogens is 312 g/mol. The van der Waals surface area contributed by atoms with Crippen molar-refractivity contribution in [2.24, 2.45) is 5.73 Å². The molecule has 120 valence electrons. The maximum absolute atomic E-state index is 12.6. The van der Waals surface area contributed by atoms with E-state index in [1.54, 1.807) is 30.3 Å². The molecule has 0 aliphatic rings. The number of carbonyl (C=O) groups is 1. The molecule has 0 fully saturated rings. The molecule has 2 N–H and O–H groups in total. The van der Waals surface area contributed by atoms with Crippen molar-refractivity contribution < 1.29 is 13.2 Å². The van der Waals surface area contributed by atoms with Crippen molar-refractivity contribution in [3.05, 3.63) is 71.6 Å². The Balaban J connectivity index is 2.29. The summed E-state index contributed by atoms with van der Waals surface area (Å²) >= 11 is 0. The summed E-state index contributed by atoms with van der Waals surface area (Å²) in [5, 5.41) is 1.14. The second-order valence-corrected chi connectivity index (χ2v) is 6.63. The van der Waals surface area contributed by atoms with Crippen molar-refractivity contribution in [2.75, 3.05) is 10.8 Å². The minimum Gasteiger partial charge on any atom is -0.370 e. The van der Waals surface area contributed by atoms with Crippen LogP contribution in [0.5, 0.6) is 0 Å². The van der Waals surface area contributed by atoms with Gasteiger partial charge >= 0.3 is 0 Å². The summed E-state index contributed by atoms with van der Waals surface area (Å²) in [5.41, 5.74) is 6.42. The van der Waals surface area contributed by atoms with Crippen LogP contribution in [0.4, 0.5) is 5.69 Å². The lowest BCUT2D eigenvalue weighted by Gasteiger charge is -2.22. The van der Waals surface area contributed by atoms with Crippen LogP contribution in [0.2, 0.25) is 0 Å². The number of rotatable bonds is 7. The fourth-order valence-corrected chi connectivity index (χ4v) is 3.25. The second-order valence-electron chi connectivity index (χ2n) is 4.88. The van der Waals surface area contributed by atoms with Gasteiger partial charge in [0.1, 0.15) is 0 Å². The van der Waals surface area contributed by atoms with Gasteiger partial charge in [-0.3, -0.25) is 9.10 Å². The molecule has 2 rings (SSSR count). The van der Waals surface area contributed by atoms with Crippen molar-refractivity contribution in [3.8, 4) is 0 Å². The molecule has 0 aromatic heterocycles. The fraction of sp³-hybridized carbons (Fsp3) is 0.118. The maximum atomic E-state index is 12.6. The van der Waals surface area contributed by atoms with Crippen molar-refractivity contribution in [1.82, 2.24) is 0 Å². The number of hydrogen-bond acceptors (Lipinski definition) is 3. The van der Waals surface area contributed by atoms with Crippen molar-refractivity contribution in [2.45, 2.75) is 6.42 Å². The quantitative estimate of drug-likeness (QED) is 0.846. The highest BCUT2D eigenvalue weighted by Crippen LogP contribution is 2.19. The fourth-order valence-electron chi connectivity index (χ4n) is 2.01. The molecule has 0 heterocycles. The van der Waals surface area contributed by atoms with E-state index in [9.17, 15) is 13.2 Å². The van der Waals surface area contributed by atoms with E-state index >= 15 is 0 Å². The van der Waals surface area contributed by atoms with Crippen LogP contribution < -0.4 is 10.0 Å². The van der Waals surface area contributed by atoms with Crippen LogP contribution in [-0.2, 0) is 14.8 Å². The normalized spacial score (nSPS) is 11.5. The Morgan fingerprint density at radius 3 is 2.13 bits per heavy atom. The lowest BCUT2D eigenvalue weighted by Crippen LogP contribution is -2.32. The van der Waals surface area contributed by atoms with Gasteiger partial charge in [-0.25, -0.2) is 8.42 Å². The Morgan fingerprint density at radius 1 is 1.00 bits per heavy atom. The summed E-state index contributed by atoms with van der Waals surface area (Å²) in [6.07, 6.45) is 1.48. The molecule has 0 spiro atoms. The maximum Gasteiger partial charge on any atom is 0.257 e. The number of benzene rings is 2. The number of primary amides is 1. The number of nitrogens with zero attached hydrogens (tertiary/aromatic N) is 1. The molecule has 6 heteroatoms. The summed E-state index contributed by atoms with van der Waals surface area (Å²) in [6.45, 7) is 0.000803. The highest BCUT2D eigenvalue weighted by atomic mass is 32.2. The predicted molar refractivity (Wildman–Crippen MR) is 92.0 cm³/mol. The first-order valence-electron chi connectivity index (χ1n) is 7.08. The van der Waals surface area contributed by atoms with Crippen LogP contribution in [0.3, 0.4) is 0 Å². The zero-order valence-corrected chi connectivity index (χ0v) is 13.3. The highest BCUT2D eigenvalue weighted by molar-refractivity contribution is 7.95. The summed E-state index contributed by atoms with van der Waals surface area (Å²) in [4.78, 5) is 11.0. The van der Waals surface area contributed by atoms with E-state index in [2.05, 4.69) is 0 Å². The number of amides is 1. The van der Waals surface area contributed by atoms with Gasteiger partial charge in [-0.1, -0.05) is 48.5 Å². The molecular formula is C17H18N2O3S. The van der Waals surface area contributed by atoms with Gasteiger partial charge in [-0.2, -0.15) is 0 Å². The van der Waals surface area contributed by atoms with Gasteiger partial charge in [0.05, 0.1) is 11.1 Å². The average Bonchev–Trinajstić information content (AvgIpc) is 2.55. The largest absolute Gasteiger partial charge is 0.370 e. The molecule has 2 aromatic carbocycles. The number of anilines is 1. The van der Waals surface area contributed by atoms with E-state index in [1.165, 1.54) is 10.4 Å². The number of para-hydroxylation sites is 1. The first-order valence-corrected chi connectivity index (χ1v) is 8.58. The molecule has 23 heavy (non-hydrogen) atoms. The van der Waals surface area contributed by atoms with Crippen LogP contribution in [0.1, 0.15) is 12.0 Å². The molecule has 0 unspecified atom stereocenters. The topological polar surface area (TPSA) is 80.5 Å². The number of hydrogen-bond donors (Lipinski definition) is 1. The van der Waals surface area contributed by atoms with Crippen molar-refractivity contribution in [1.29, 1.82) is 0 Å². The third-order valence-corrected chi connectivity index (χ3v) is 4.63. The first kappa shape index (κ1) is 16.8. The highest BCUT2D eigenvalue weighted by Gasteiger charge is 2.20. The molecule has 0 saturated heterocycles. The Hall–Kier alpha value is -2.60. The van der Waals surface area contributed by atoms with Crippen molar-refractivity contribution >= 4 is 27.7 Å². The van der Waals surface area contributed by atoms with E-state index in [0.717, 1.165) is 11.0 Å². The summed E-state index contributed by atoms with van der Waals surface area (Å²) < 4.78 is 26.4. The van der Waals surface area contributed by atoms with E-state index in [4.69, 9.17) is 5.73 Å². The van der Waals surface area contributed by atoms with Gasteiger partial charge in [0, 0.05) is 13.0 Å². The first-order chi connectivity index (χ1) is 11.0. The minimum atomic E-state index is -3.72. The Kier molecular flexibility index (Phi) is 5.54. The molecule has 1 amide bonds. The predicted octanol–water partition coefficient (Wildman–Crippen LogP) is 2.37. The smallest absolute Gasteiger partial charge is 0.257 e. The van der Waals surface area contributed by atoms with Crippen LogP contribution in [0, 0.1) is 0 Å². The van der Waals surface area contributed by atoms with Crippen molar-refractivity contribution in [3.63, 3.8) is 0 Å². The summed E-state index contributed by atoms with van der Waals surface area (Å²) in [5.74, 6) is -0.548. The molecule has 0 atom stereocenters. The van der Waals surface area contributed by atoms with Gasteiger partial charge < -0.3 is 5.73 Å². The summed E-state index contributed by atoms with van der Waals surface area (Å²) in [7, 11) is -3.72. The average molecular weight is 330 g/mol. The van der Waals surface area contributed by atoms with E-state index in [-0.39, 0.29) is 13.0 Å². The van der Waals surface area contributed by atoms with Crippen LogP contribution in [-0.4, -0.2) is 20.9 Å². The van der Waals surface area contributed by atoms with Gasteiger partial charge in [-0.05, 0) is 23.8 Å².